The highest BCUT2D eigenvalue weighted by Gasteiger charge is 2.11. The number of nitrogens with zero attached hydrogens (tertiary/aromatic N) is 4. The Balaban J connectivity index is 1.72. The monoisotopic (exact) mass is 405 g/mol. The van der Waals surface area contributed by atoms with Gasteiger partial charge in [-0.05, 0) is 49.3 Å². The van der Waals surface area contributed by atoms with Gasteiger partial charge in [-0.2, -0.15) is 0 Å². The zero-order valence-corrected chi connectivity index (χ0v) is 17.8. The van der Waals surface area contributed by atoms with Gasteiger partial charge in [0, 0.05) is 49.7 Å². The van der Waals surface area contributed by atoms with Gasteiger partial charge in [0.05, 0.1) is 6.54 Å². The largest absolute Gasteiger partial charge is 0.346 e. The second kappa shape index (κ2) is 9.37. The maximum absolute atomic E-state index is 12.6. The van der Waals surface area contributed by atoms with Gasteiger partial charge < -0.3 is 19.7 Å². The summed E-state index contributed by atoms with van der Waals surface area (Å²) in [6.07, 6.45) is 5.55. The number of hydrogen-bond donors (Lipinski definition) is 1. The molecule has 0 fully saturated rings. The van der Waals surface area contributed by atoms with Gasteiger partial charge in [0.25, 0.3) is 0 Å². The van der Waals surface area contributed by atoms with Crippen molar-refractivity contribution >= 4 is 35.1 Å². The van der Waals surface area contributed by atoms with E-state index in [1.807, 2.05) is 44.2 Å². The SMILES string of the molecule is CN(C)Cc1cc(/C=C/C(=O)N(C)Cc2cc3ccccc3n2C)cnc1NC=O. The van der Waals surface area contributed by atoms with E-state index in [9.17, 15) is 9.59 Å². The van der Waals surface area contributed by atoms with Crippen molar-refractivity contribution in [2.24, 2.45) is 7.05 Å². The number of carbonyl (C=O) groups excluding carboxylic acids is 2. The van der Waals surface area contributed by atoms with E-state index in [4.69, 9.17) is 0 Å². The fourth-order valence-electron chi connectivity index (χ4n) is 3.38. The van der Waals surface area contributed by atoms with E-state index in [0.717, 1.165) is 27.7 Å². The summed E-state index contributed by atoms with van der Waals surface area (Å²) in [5, 5.41) is 3.78. The normalized spacial score (nSPS) is 11.4. The smallest absolute Gasteiger partial charge is 0.246 e. The zero-order valence-electron chi connectivity index (χ0n) is 17.8. The Kier molecular flexibility index (Phi) is 6.64. The van der Waals surface area contributed by atoms with Crippen LogP contribution in [0.4, 0.5) is 5.82 Å². The highest BCUT2D eigenvalue weighted by atomic mass is 16.2. The number of fused-ring (bicyclic) bond motifs is 1. The van der Waals surface area contributed by atoms with Crippen LogP contribution in [0.3, 0.4) is 0 Å². The summed E-state index contributed by atoms with van der Waals surface area (Å²) in [6, 6.07) is 12.2. The molecule has 0 bridgehead atoms. The fraction of sp³-hybridized carbons (Fsp3) is 0.261. The van der Waals surface area contributed by atoms with Crippen molar-refractivity contribution in [3.8, 4) is 0 Å². The van der Waals surface area contributed by atoms with Crippen LogP contribution in [0.1, 0.15) is 16.8 Å². The minimum absolute atomic E-state index is 0.0930. The lowest BCUT2D eigenvalue weighted by molar-refractivity contribution is -0.125. The molecule has 0 spiro atoms. The molecule has 0 unspecified atom stereocenters. The molecule has 0 atom stereocenters. The number of carbonyl (C=O) groups is 2. The Bertz CT molecular complexity index is 1080. The third-order valence-corrected chi connectivity index (χ3v) is 4.91. The molecule has 0 saturated heterocycles. The summed E-state index contributed by atoms with van der Waals surface area (Å²) in [4.78, 5) is 31.4. The van der Waals surface area contributed by atoms with E-state index >= 15 is 0 Å². The second-order valence-corrected chi connectivity index (χ2v) is 7.56. The van der Waals surface area contributed by atoms with Crippen molar-refractivity contribution in [2.45, 2.75) is 13.1 Å². The molecule has 3 aromatic rings. The van der Waals surface area contributed by atoms with E-state index < -0.39 is 0 Å². The maximum Gasteiger partial charge on any atom is 0.246 e. The average Bonchev–Trinajstić information content (AvgIpc) is 3.03. The number of pyridine rings is 1. The number of anilines is 1. The number of benzene rings is 1. The minimum atomic E-state index is -0.0930. The first-order valence-electron chi connectivity index (χ1n) is 9.69. The minimum Gasteiger partial charge on any atom is -0.346 e. The van der Waals surface area contributed by atoms with Gasteiger partial charge in [-0.25, -0.2) is 4.98 Å². The molecule has 0 aliphatic heterocycles. The Morgan fingerprint density at radius 1 is 1.17 bits per heavy atom. The molecule has 0 saturated carbocycles. The zero-order chi connectivity index (χ0) is 21.7. The van der Waals surface area contributed by atoms with Crippen molar-refractivity contribution in [3.05, 3.63) is 65.5 Å². The highest BCUT2D eigenvalue weighted by Crippen LogP contribution is 2.20. The molecule has 3 rings (SSSR count). The molecule has 0 aliphatic rings. The Morgan fingerprint density at radius 3 is 2.63 bits per heavy atom. The van der Waals surface area contributed by atoms with Crippen molar-refractivity contribution < 1.29 is 9.59 Å². The van der Waals surface area contributed by atoms with Crippen LogP contribution in [0.25, 0.3) is 17.0 Å². The number of aromatic nitrogens is 2. The van der Waals surface area contributed by atoms with E-state index in [1.54, 1.807) is 30.3 Å². The van der Waals surface area contributed by atoms with Crippen LogP contribution >= 0.6 is 0 Å². The average molecular weight is 406 g/mol. The summed E-state index contributed by atoms with van der Waals surface area (Å²) in [5.41, 5.74) is 3.90. The topological polar surface area (TPSA) is 70.5 Å². The van der Waals surface area contributed by atoms with Crippen LogP contribution in [-0.4, -0.2) is 52.8 Å². The van der Waals surface area contributed by atoms with Crippen molar-refractivity contribution in [1.29, 1.82) is 0 Å². The highest BCUT2D eigenvalue weighted by molar-refractivity contribution is 5.91. The fourth-order valence-corrected chi connectivity index (χ4v) is 3.38. The lowest BCUT2D eigenvalue weighted by Gasteiger charge is -2.16. The maximum atomic E-state index is 12.6. The van der Waals surface area contributed by atoms with Crippen molar-refractivity contribution in [1.82, 2.24) is 19.4 Å². The van der Waals surface area contributed by atoms with Gasteiger partial charge in [0.15, 0.2) is 0 Å². The van der Waals surface area contributed by atoms with E-state index in [0.29, 0.717) is 25.3 Å². The number of nitrogens with one attached hydrogen (secondary N) is 1. The first kappa shape index (κ1) is 21.3. The predicted molar refractivity (Wildman–Crippen MR) is 120 cm³/mol. The molecule has 2 amide bonds. The summed E-state index contributed by atoms with van der Waals surface area (Å²) >= 11 is 0. The van der Waals surface area contributed by atoms with E-state index in [-0.39, 0.29) is 5.91 Å². The van der Waals surface area contributed by atoms with E-state index in [1.165, 1.54) is 0 Å². The number of amides is 2. The number of aryl methyl sites for hydroxylation is 1. The lowest BCUT2D eigenvalue weighted by Crippen LogP contribution is -2.25. The standard InChI is InChI=1S/C23H27N5O2/c1-26(2)14-19-11-17(13-24-23(19)25-16-29)9-10-22(30)27(3)15-20-12-18-7-5-6-8-21(18)28(20)4/h5-13,16H,14-15H2,1-4H3,(H,24,25,29)/b10-9+. The van der Waals surface area contributed by atoms with E-state index in [2.05, 4.69) is 33.1 Å². The number of likely N-dealkylation sites (N-methyl/N-ethyl adjacent to an activating group) is 1. The molecule has 2 heterocycles. The molecule has 2 aromatic heterocycles. The number of rotatable bonds is 8. The molecule has 0 aliphatic carbocycles. The van der Waals surface area contributed by atoms with Crippen LogP contribution in [-0.2, 0) is 29.7 Å². The van der Waals surface area contributed by atoms with Gasteiger partial charge in [-0.1, -0.05) is 18.2 Å². The first-order chi connectivity index (χ1) is 14.4. The van der Waals surface area contributed by atoms with Crippen LogP contribution in [0.15, 0.2) is 48.7 Å². The molecule has 1 aromatic carbocycles. The Labute approximate surface area is 176 Å². The van der Waals surface area contributed by atoms with Gasteiger partial charge >= 0.3 is 0 Å². The van der Waals surface area contributed by atoms with Crippen molar-refractivity contribution in [2.75, 3.05) is 26.5 Å². The van der Waals surface area contributed by atoms with Crippen LogP contribution in [0, 0.1) is 0 Å². The van der Waals surface area contributed by atoms with Crippen LogP contribution in [0.5, 0.6) is 0 Å². The predicted octanol–water partition coefficient (Wildman–Crippen LogP) is 2.88. The number of para-hydroxylation sites is 1. The van der Waals surface area contributed by atoms with Gasteiger partial charge in [-0.3, -0.25) is 9.59 Å². The molecule has 30 heavy (non-hydrogen) atoms. The van der Waals surface area contributed by atoms with Crippen LogP contribution in [0.2, 0.25) is 0 Å². The number of hydrogen-bond acceptors (Lipinski definition) is 4. The lowest BCUT2D eigenvalue weighted by atomic mass is 10.1. The molecule has 7 nitrogen and oxygen atoms in total. The molecule has 0 radical (unpaired) electrons. The Hall–Kier alpha value is -3.45. The van der Waals surface area contributed by atoms with Gasteiger partial charge in [0.1, 0.15) is 5.82 Å². The molecule has 7 heteroatoms. The van der Waals surface area contributed by atoms with Gasteiger partial charge in [-0.15, -0.1) is 0 Å². The second-order valence-electron chi connectivity index (χ2n) is 7.56. The molecule has 1 N–H and O–H groups in total. The summed E-state index contributed by atoms with van der Waals surface area (Å²) in [6.45, 7) is 1.14. The third kappa shape index (κ3) is 4.93. The molecular formula is C23H27N5O2. The summed E-state index contributed by atoms with van der Waals surface area (Å²) in [5.74, 6) is 0.430. The summed E-state index contributed by atoms with van der Waals surface area (Å²) < 4.78 is 2.11. The van der Waals surface area contributed by atoms with Gasteiger partial charge in [0.2, 0.25) is 12.3 Å². The molecule has 156 valence electrons. The first-order valence-corrected chi connectivity index (χ1v) is 9.69. The molecular weight excluding hydrogens is 378 g/mol. The van der Waals surface area contributed by atoms with Crippen LogP contribution < -0.4 is 5.32 Å². The summed E-state index contributed by atoms with van der Waals surface area (Å²) in [7, 11) is 7.69. The Morgan fingerprint density at radius 2 is 1.93 bits per heavy atom. The van der Waals surface area contributed by atoms with Crippen molar-refractivity contribution in [3.63, 3.8) is 0 Å². The third-order valence-electron chi connectivity index (χ3n) is 4.91. The quantitative estimate of drug-likeness (QED) is 0.462.